The second-order valence-corrected chi connectivity index (χ2v) is 8.38. The Morgan fingerprint density at radius 3 is 2.18 bits per heavy atom. The summed E-state index contributed by atoms with van der Waals surface area (Å²) in [4.78, 5) is 14.2. The molecule has 1 aromatic carbocycles. The molecule has 1 aromatic rings. The van der Waals surface area contributed by atoms with Gasteiger partial charge in [-0.05, 0) is 36.6 Å². The number of amides is 1. The summed E-state index contributed by atoms with van der Waals surface area (Å²) in [6.45, 7) is 3.70. The molecule has 2 unspecified atom stereocenters. The van der Waals surface area contributed by atoms with Crippen LogP contribution in [0.4, 0.5) is 0 Å². The van der Waals surface area contributed by atoms with Crippen LogP contribution in [0.2, 0.25) is 5.02 Å². The van der Waals surface area contributed by atoms with E-state index in [1.807, 2.05) is 0 Å². The molecule has 1 saturated heterocycles. The fourth-order valence-electron chi connectivity index (χ4n) is 2.81. The summed E-state index contributed by atoms with van der Waals surface area (Å²) in [7, 11) is -3.51. The smallest absolute Gasteiger partial charge is 0.243 e. The van der Waals surface area contributed by atoms with Crippen molar-refractivity contribution in [3.63, 3.8) is 0 Å². The van der Waals surface area contributed by atoms with Crippen molar-refractivity contribution in [3.05, 3.63) is 29.3 Å². The van der Waals surface area contributed by atoms with E-state index in [9.17, 15) is 13.2 Å². The number of benzene rings is 1. The molecule has 1 aliphatic carbocycles. The Bertz CT molecular complexity index is 667. The van der Waals surface area contributed by atoms with Crippen molar-refractivity contribution in [2.75, 3.05) is 26.2 Å². The van der Waals surface area contributed by atoms with Crippen LogP contribution in [-0.2, 0) is 14.8 Å². The van der Waals surface area contributed by atoms with Crippen LogP contribution in [0.15, 0.2) is 29.2 Å². The van der Waals surface area contributed by atoms with E-state index < -0.39 is 10.0 Å². The normalized spacial score (nSPS) is 26.0. The number of halogens is 1. The van der Waals surface area contributed by atoms with Crippen molar-refractivity contribution >= 4 is 27.5 Å². The Morgan fingerprint density at radius 2 is 1.68 bits per heavy atom. The van der Waals surface area contributed by atoms with Gasteiger partial charge in [0.25, 0.3) is 0 Å². The van der Waals surface area contributed by atoms with Crippen molar-refractivity contribution in [2.45, 2.75) is 18.2 Å². The summed E-state index contributed by atoms with van der Waals surface area (Å²) in [5.41, 5.74) is 0. The van der Waals surface area contributed by atoms with E-state index >= 15 is 0 Å². The number of piperazine rings is 1. The molecule has 1 aliphatic heterocycles. The summed E-state index contributed by atoms with van der Waals surface area (Å²) in [5.74, 6) is 0.804. The van der Waals surface area contributed by atoms with Crippen LogP contribution in [0.5, 0.6) is 0 Å². The number of nitrogens with zero attached hydrogens (tertiary/aromatic N) is 2. The molecule has 120 valence electrons. The minimum atomic E-state index is -3.51. The fourth-order valence-corrected chi connectivity index (χ4v) is 4.35. The van der Waals surface area contributed by atoms with Crippen molar-refractivity contribution in [3.8, 4) is 0 Å². The van der Waals surface area contributed by atoms with Gasteiger partial charge in [0.15, 0.2) is 0 Å². The molecule has 0 radical (unpaired) electrons. The second-order valence-electron chi connectivity index (χ2n) is 6.00. The minimum Gasteiger partial charge on any atom is -0.340 e. The lowest BCUT2D eigenvalue weighted by Crippen LogP contribution is -2.51. The first kappa shape index (κ1) is 15.8. The third-order valence-electron chi connectivity index (χ3n) is 4.43. The lowest BCUT2D eigenvalue weighted by molar-refractivity contribution is -0.134. The van der Waals surface area contributed by atoms with E-state index in [1.165, 1.54) is 16.4 Å². The zero-order chi connectivity index (χ0) is 15.9. The monoisotopic (exact) mass is 342 g/mol. The third-order valence-corrected chi connectivity index (χ3v) is 6.59. The van der Waals surface area contributed by atoms with Gasteiger partial charge >= 0.3 is 0 Å². The Morgan fingerprint density at radius 1 is 1.14 bits per heavy atom. The molecular weight excluding hydrogens is 324 g/mol. The number of carbonyl (C=O) groups excluding carboxylic acids is 1. The van der Waals surface area contributed by atoms with Crippen molar-refractivity contribution in [1.82, 2.24) is 9.21 Å². The van der Waals surface area contributed by atoms with E-state index in [4.69, 9.17) is 11.6 Å². The van der Waals surface area contributed by atoms with Gasteiger partial charge in [-0.2, -0.15) is 4.31 Å². The number of rotatable bonds is 3. The van der Waals surface area contributed by atoms with Gasteiger partial charge in [0.2, 0.25) is 15.9 Å². The maximum Gasteiger partial charge on any atom is 0.243 e. The number of sulfonamides is 1. The summed E-state index contributed by atoms with van der Waals surface area (Å²) < 4.78 is 26.5. The van der Waals surface area contributed by atoms with Gasteiger partial charge < -0.3 is 4.90 Å². The molecule has 2 aliphatic rings. The first-order chi connectivity index (χ1) is 10.4. The quantitative estimate of drug-likeness (QED) is 0.842. The Kier molecular flexibility index (Phi) is 4.18. The van der Waals surface area contributed by atoms with E-state index in [0.717, 1.165) is 6.42 Å². The first-order valence-corrected chi connectivity index (χ1v) is 9.26. The minimum absolute atomic E-state index is 0.152. The molecular formula is C15H19ClN2O3S. The van der Waals surface area contributed by atoms with E-state index in [2.05, 4.69) is 6.92 Å². The van der Waals surface area contributed by atoms with Gasteiger partial charge in [0, 0.05) is 37.1 Å². The van der Waals surface area contributed by atoms with Crippen LogP contribution in [0, 0.1) is 11.8 Å². The van der Waals surface area contributed by atoms with Crippen LogP contribution >= 0.6 is 11.6 Å². The first-order valence-electron chi connectivity index (χ1n) is 7.44. The van der Waals surface area contributed by atoms with Crippen molar-refractivity contribution in [2.24, 2.45) is 11.8 Å². The summed E-state index contributed by atoms with van der Waals surface area (Å²) in [6.07, 6.45) is 0.960. The van der Waals surface area contributed by atoms with Crippen LogP contribution in [0.1, 0.15) is 13.3 Å². The lowest BCUT2D eigenvalue weighted by Gasteiger charge is -2.34. The average molecular weight is 343 g/mol. The van der Waals surface area contributed by atoms with E-state index in [-0.39, 0.29) is 16.7 Å². The molecule has 1 heterocycles. The van der Waals surface area contributed by atoms with Crippen molar-refractivity contribution in [1.29, 1.82) is 0 Å². The number of carbonyl (C=O) groups is 1. The van der Waals surface area contributed by atoms with Crippen LogP contribution in [0.3, 0.4) is 0 Å². The number of hydrogen-bond acceptors (Lipinski definition) is 3. The van der Waals surface area contributed by atoms with Gasteiger partial charge in [-0.3, -0.25) is 4.79 Å². The molecule has 2 fully saturated rings. The van der Waals surface area contributed by atoms with Gasteiger partial charge in [-0.15, -0.1) is 0 Å². The molecule has 3 rings (SSSR count). The van der Waals surface area contributed by atoms with Crippen LogP contribution in [0.25, 0.3) is 0 Å². The molecule has 7 heteroatoms. The third kappa shape index (κ3) is 3.00. The highest BCUT2D eigenvalue weighted by molar-refractivity contribution is 7.89. The topological polar surface area (TPSA) is 57.7 Å². The highest BCUT2D eigenvalue weighted by Crippen LogP contribution is 2.39. The molecule has 1 saturated carbocycles. The van der Waals surface area contributed by atoms with E-state index in [0.29, 0.717) is 37.1 Å². The predicted molar refractivity (Wildman–Crippen MR) is 84.1 cm³/mol. The van der Waals surface area contributed by atoms with Gasteiger partial charge in [-0.1, -0.05) is 18.5 Å². The lowest BCUT2D eigenvalue weighted by atomic mass is 10.2. The summed E-state index contributed by atoms with van der Waals surface area (Å²) in [5, 5.41) is 0.507. The highest BCUT2D eigenvalue weighted by Gasteiger charge is 2.42. The zero-order valence-corrected chi connectivity index (χ0v) is 14.0. The molecule has 5 nitrogen and oxygen atoms in total. The molecule has 22 heavy (non-hydrogen) atoms. The molecule has 0 aromatic heterocycles. The van der Waals surface area contributed by atoms with Crippen LogP contribution < -0.4 is 0 Å². The Balaban J connectivity index is 1.65. The SMILES string of the molecule is CC1CC1C(=O)N1CCN(S(=O)(=O)c2ccc(Cl)cc2)CC1. The molecule has 0 bridgehead atoms. The standard InChI is InChI=1S/C15H19ClN2O3S/c1-11-10-14(11)15(19)17-6-8-18(9-7-17)22(20,21)13-4-2-12(16)3-5-13/h2-5,11,14H,6-10H2,1H3. The maximum absolute atomic E-state index is 12.6. The molecule has 2 atom stereocenters. The predicted octanol–water partition coefficient (Wildman–Crippen LogP) is 1.83. The van der Waals surface area contributed by atoms with E-state index in [1.54, 1.807) is 17.0 Å². The second kappa shape index (κ2) is 5.83. The van der Waals surface area contributed by atoms with Crippen molar-refractivity contribution < 1.29 is 13.2 Å². The zero-order valence-electron chi connectivity index (χ0n) is 12.4. The van der Waals surface area contributed by atoms with Crippen LogP contribution in [-0.4, -0.2) is 49.7 Å². The molecule has 1 amide bonds. The Labute approximate surface area is 135 Å². The largest absolute Gasteiger partial charge is 0.340 e. The van der Waals surface area contributed by atoms with Gasteiger partial charge in [0.05, 0.1) is 4.90 Å². The highest BCUT2D eigenvalue weighted by atomic mass is 35.5. The fraction of sp³-hybridized carbons (Fsp3) is 0.533. The number of hydrogen-bond donors (Lipinski definition) is 0. The van der Waals surface area contributed by atoms with Gasteiger partial charge in [-0.25, -0.2) is 8.42 Å². The average Bonchev–Trinajstić information content (AvgIpc) is 3.24. The molecule has 0 spiro atoms. The Hall–Kier alpha value is -1.11. The molecule has 0 N–H and O–H groups in total. The van der Waals surface area contributed by atoms with Gasteiger partial charge in [0.1, 0.15) is 0 Å². The summed E-state index contributed by atoms with van der Waals surface area (Å²) in [6, 6.07) is 6.17. The maximum atomic E-state index is 12.6. The summed E-state index contributed by atoms with van der Waals surface area (Å²) >= 11 is 5.80.